The van der Waals surface area contributed by atoms with Crippen molar-refractivity contribution in [1.29, 1.82) is 0 Å². The Kier molecular flexibility index (Phi) is 5.74. The highest BCUT2D eigenvalue weighted by Crippen LogP contribution is 2.24. The van der Waals surface area contributed by atoms with E-state index in [9.17, 15) is 10.1 Å². The highest BCUT2D eigenvalue weighted by atomic mass is 32.1. The Morgan fingerprint density at radius 1 is 1.31 bits per heavy atom. The molecule has 10 heteroatoms. The van der Waals surface area contributed by atoms with E-state index in [-0.39, 0.29) is 16.7 Å². The van der Waals surface area contributed by atoms with Crippen molar-refractivity contribution in [2.75, 3.05) is 38.2 Å². The average molecular weight is 417 g/mol. The number of non-ortho nitro benzene ring substituents is 1. The van der Waals surface area contributed by atoms with E-state index in [0.29, 0.717) is 5.52 Å². The van der Waals surface area contributed by atoms with Crippen molar-refractivity contribution in [3.63, 3.8) is 0 Å². The minimum absolute atomic E-state index is 0.0253. The summed E-state index contributed by atoms with van der Waals surface area (Å²) in [7, 11) is 1.70. The molecule has 9 nitrogen and oxygen atoms in total. The summed E-state index contributed by atoms with van der Waals surface area (Å²) in [6.45, 7) is 6.47. The molecule has 1 aliphatic heterocycles. The number of benzene rings is 1. The number of hydrogen-bond donors (Lipinski definition) is 1. The van der Waals surface area contributed by atoms with E-state index in [1.807, 2.05) is 6.92 Å². The highest BCUT2D eigenvalue weighted by Gasteiger charge is 2.20. The van der Waals surface area contributed by atoms with Crippen LogP contribution < -0.4 is 4.90 Å². The van der Waals surface area contributed by atoms with Gasteiger partial charge in [-0.3, -0.25) is 15.0 Å². The van der Waals surface area contributed by atoms with Gasteiger partial charge in [0.1, 0.15) is 11.1 Å². The highest BCUT2D eigenvalue weighted by molar-refractivity contribution is 7.09. The number of methoxy groups -OCH3 is 1. The van der Waals surface area contributed by atoms with Gasteiger partial charge in [0.2, 0.25) is 5.95 Å². The lowest BCUT2D eigenvalue weighted by Gasteiger charge is -2.20. The summed E-state index contributed by atoms with van der Waals surface area (Å²) in [4.78, 5) is 27.8. The second kappa shape index (κ2) is 8.44. The lowest BCUT2D eigenvalue weighted by Crippen LogP contribution is -2.31. The van der Waals surface area contributed by atoms with E-state index in [4.69, 9.17) is 9.72 Å². The second-order valence-electron chi connectivity index (χ2n) is 7.19. The van der Waals surface area contributed by atoms with Crippen LogP contribution in [0.5, 0.6) is 0 Å². The quantitative estimate of drug-likeness (QED) is 0.486. The zero-order chi connectivity index (χ0) is 20.4. The number of H-pyrrole nitrogens is 1. The van der Waals surface area contributed by atoms with Crippen LogP contribution in [0, 0.1) is 10.1 Å². The fourth-order valence-electron chi connectivity index (χ4n) is 3.50. The van der Waals surface area contributed by atoms with Gasteiger partial charge in [-0.2, -0.15) is 0 Å². The molecule has 3 aromatic rings. The zero-order valence-corrected chi connectivity index (χ0v) is 17.3. The van der Waals surface area contributed by atoms with Gasteiger partial charge in [-0.1, -0.05) is 0 Å². The number of fused-ring (bicyclic) bond motifs is 1. The summed E-state index contributed by atoms with van der Waals surface area (Å²) in [5, 5.41) is 14.1. The molecule has 0 aliphatic carbocycles. The normalized spacial score (nSPS) is 16.8. The topological polar surface area (TPSA) is 100 Å². The molecule has 1 N–H and O–H groups in total. The first-order valence-corrected chi connectivity index (χ1v) is 10.5. The van der Waals surface area contributed by atoms with Crippen molar-refractivity contribution in [3.8, 4) is 0 Å². The van der Waals surface area contributed by atoms with E-state index in [1.54, 1.807) is 24.5 Å². The zero-order valence-electron chi connectivity index (χ0n) is 16.5. The lowest BCUT2D eigenvalue weighted by molar-refractivity contribution is -0.384. The average Bonchev–Trinajstić information content (AvgIpc) is 3.29. The van der Waals surface area contributed by atoms with Gasteiger partial charge in [-0.15, -0.1) is 11.3 Å². The number of rotatable bonds is 6. The van der Waals surface area contributed by atoms with Crippen molar-refractivity contribution in [3.05, 3.63) is 44.4 Å². The summed E-state index contributed by atoms with van der Waals surface area (Å²) in [6.07, 6.45) is 1.04. The summed E-state index contributed by atoms with van der Waals surface area (Å²) in [5.74, 6) is 0.771. The van der Waals surface area contributed by atoms with E-state index < -0.39 is 0 Å². The van der Waals surface area contributed by atoms with Crippen molar-refractivity contribution >= 4 is 34.0 Å². The summed E-state index contributed by atoms with van der Waals surface area (Å²) < 4.78 is 5.35. The molecule has 0 bridgehead atoms. The molecule has 29 heavy (non-hydrogen) atoms. The number of nitrogens with one attached hydrogen (secondary N) is 1. The molecule has 0 spiro atoms. The fraction of sp³-hybridized carbons (Fsp3) is 0.474. The Morgan fingerprint density at radius 2 is 2.17 bits per heavy atom. The van der Waals surface area contributed by atoms with Crippen LogP contribution in [-0.2, 0) is 11.3 Å². The van der Waals surface area contributed by atoms with Crippen LogP contribution in [0.25, 0.3) is 11.0 Å². The number of anilines is 1. The molecule has 0 saturated carbocycles. The third-order valence-electron chi connectivity index (χ3n) is 5.21. The molecular weight excluding hydrogens is 392 g/mol. The van der Waals surface area contributed by atoms with Crippen molar-refractivity contribution in [1.82, 2.24) is 19.9 Å². The number of hydrogen-bond acceptors (Lipinski definition) is 8. The molecule has 1 aliphatic rings. The number of nitro groups is 1. The number of aromatic amines is 1. The molecule has 0 amide bonds. The maximum absolute atomic E-state index is 11.0. The van der Waals surface area contributed by atoms with Gasteiger partial charge in [-0.05, 0) is 19.4 Å². The van der Waals surface area contributed by atoms with Gasteiger partial charge >= 0.3 is 0 Å². The third-order valence-corrected chi connectivity index (χ3v) is 6.26. The molecule has 3 heterocycles. The molecule has 1 atom stereocenters. The van der Waals surface area contributed by atoms with Gasteiger partial charge in [0, 0.05) is 57.3 Å². The van der Waals surface area contributed by atoms with Crippen LogP contribution in [0.15, 0.2) is 23.6 Å². The van der Waals surface area contributed by atoms with Crippen LogP contribution in [0.3, 0.4) is 0 Å². The molecular formula is C19H24N6O3S. The first-order valence-electron chi connectivity index (χ1n) is 9.62. The molecule has 0 radical (unpaired) electrons. The Hall–Kier alpha value is -2.56. The maximum Gasteiger partial charge on any atom is 0.271 e. The van der Waals surface area contributed by atoms with Crippen LogP contribution >= 0.6 is 11.3 Å². The molecule has 154 valence electrons. The van der Waals surface area contributed by atoms with Gasteiger partial charge in [0.05, 0.1) is 21.7 Å². The van der Waals surface area contributed by atoms with E-state index >= 15 is 0 Å². The molecule has 0 unspecified atom stereocenters. The number of aromatic nitrogens is 3. The molecule has 1 fully saturated rings. The summed E-state index contributed by atoms with van der Waals surface area (Å²) in [6, 6.07) is 4.72. The Balaban J connectivity index is 1.41. The van der Waals surface area contributed by atoms with Crippen molar-refractivity contribution in [2.24, 2.45) is 0 Å². The van der Waals surface area contributed by atoms with E-state index in [2.05, 4.69) is 25.1 Å². The minimum Gasteiger partial charge on any atom is -0.375 e. The van der Waals surface area contributed by atoms with Crippen LogP contribution in [0.2, 0.25) is 0 Å². The molecule has 1 saturated heterocycles. The van der Waals surface area contributed by atoms with Gasteiger partial charge in [0.25, 0.3) is 5.69 Å². The van der Waals surface area contributed by atoms with Crippen LogP contribution in [0.4, 0.5) is 11.6 Å². The maximum atomic E-state index is 11.0. The smallest absolute Gasteiger partial charge is 0.271 e. The van der Waals surface area contributed by atoms with Crippen LogP contribution in [0.1, 0.15) is 30.2 Å². The van der Waals surface area contributed by atoms with Crippen LogP contribution in [-0.4, -0.2) is 58.1 Å². The SMILES string of the molecule is CO[C@H](C)c1nc(CN2CCCN(c3nc4ccc([N+](=O)[O-])cc4[nH]3)CC2)cs1. The number of nitro benzene ring substituents is 1. The van der Waals surface area contributed by atoms with Gasteiger partial charge in [0.15, 0.2) is 0 Å². The number of imidazole rings is 1. The minimum atomic E-state index is -0.388. The first-order chi connectivity index (χ1) is 14.0. The molecule has 1 aromatic carbocycles. The second-order valence-corrected chi connectivity index (χ2v) is 8.08. The number of nitrogens with zero attached hydrogens (tertiary/aromatic N) is 5. The number of ether oxygens (including phenoxy) is 1. The van der Waals surface area contributed by atoms with Gasteiger partial charge in [-0.25, -0.2) is 9.97 Å². The summed E-state index contributed by atoms with van der Waals surface area (Å²) >= 11 is 1.64. The fourth-order valence-corrected chi connectivity index (χ4v) is 4.34. The van der Waals surface area contributed by atoms with E-state index in [0.717, 1.165) is 61.3 Å². The monoisotopic (exact) mass is 416 g/mol. The number of thiazole rings is 1. The Labute approximate surface area is 172 Å². The Bertz CT molecular complexity index is 1000. The predicted molar refractivity (Wildman–Crippen MR) is 112 cm³/mol. The first kappa shape index (κ1) is 19.7. The standard InChI is InChI=1S/C19H24N6O3S/c1-13(28-2)18-20-14(12-29-18)11-23-6-3-7-24(9-8-23)19-21-16-5-4-15(25(26)27)10-17(16)22-19/h4-5,10,12-13H,3,6-9,11H2,1-2H3,(H,21,22)/t13-/m1/s1. The third kappa shape index (κ3) is 4.39. The largest absolute Gasteiger partial charge is 0.375 e. The molecule has 2 aromatic heterocycles. The van der Waals surface area contributed by atoms with Crippen molar-refractivity contribution < 1.29 is 9.66 Å². The predicted octanol–water partition coefficient (Wildman–Crippen LogP) is 3.35. The molecule has 4 rings (SSSR count). The van der Waals surface area contributed by atoms with Crippen molar-refractivity contribution in [2.45, 2.75) is 26.0 Å². The Morgan fingerprint density at radius 3 is 2.97 bits per heavy atom. The summed E-state index contributed by atoms with van der Waals surface area (Å²) in [5.41, 5.74) is 2.59. The van der Waals surface area contributed by atoms with Gasteiger partial charge < -0.3 is 14.6 Å². The van der Waals surface area contributed by atoms with E-state index in [1.165, 1.54) is 12.1 Å². The lowest BCUT2D eigenvalue weighted by atomic mass is 10.3.